The number of rotatable bonds is 9. The second kappa shape index (κ2) is 10.0. The highest BCUT2D eigenvalue weighted by Crippen LogP contribution is 2.07. The first-order valence-corrected chi connectivity index (χ1v) is 9.41. The highest BCUT2D eigenvalue weighted by atomic mass is 32.2. The molecule has 1 rings (SSSR count). The third-order valence-corrected chi connectivity index (χ3v) is 3.94. The lowest BCUT2D eigenvalue weighted by atomic mass is 10.2. The van der Waals surface area contributed by atoms with Gasteiger partial charge in [-0.2, -0.15) is 0 Å². The van der Waals surface area contributed by atoms with Crippen LogP contribution in [0, 0.1) is 6.92 Å². The van der Waals surface area contributed by atoms with E-state index < -0.39 is 22.2 Å². The number of ether oxygens (including phenoxy) is 2. The second-order valence-electron chi connectivity index (χ2n) is 5.22. The van der Waals surface area contributed by atoms with Gasteiger partial charge in [-0.05, 0) is 12.8 Å². The minimum Gasteiger partial charge on any atom is -0.447 e. The number of carbonyl (C=O) groups excluding carboxylic acids is 1. The first-order valence-electron chi connectivity index (χ1n) is 7.51. The molecule has 1 radical (unpaired) electrons. The van der Waals surface area contributed by atoms with Crippen molar-refractivity contribution in [3.63, 3.8) is 0 Å². The Kier molecular flexibility index (Phi) is 8.77. The molecule has 1 unspecified atom stereocenters. The van der Waals surface area contributed by atoms with Crippen LogP contribution in [0.3, 0.4) is 0 Å². The zero-order chi connectivity index (χ0) is 17.3. The summed E-state index contributed by atoms with van der Waals surface area (Å²) in [5, 5.41) is 12.3. The fourth-order valence-electron chi connectivity index (χ4n) is 2.17. The Hall–Kier alpha value is -0.940. The van der Waals surface area contributed by atoms with Gasteiger partial charge in [0.25, 0.3) is 0 Å². The lowest BCUT2D eigenvalue weighted by molar-refractivity contribution is -0.0796. The average molecular weight is 352 g/mol. The van der Waals surface area contributed by atoms with Crippen LogP contribution in [0.1, 0.15) is 12.8 Å². The Morgan fingerprint density at radius 2 is 2.13 bits per heavy atom. The first kappa shape index (κ1) is 20.1. The maximum atomic E-state index is 12.3. The predicted molar refractivity (Wildman–Crippen MR) is 83.9 cm³/mol. The van der Waals surface area contributed by atoms with Crippen molar-refractivity contribution in [2.24, 2.45) is 0 Å². The number of nitrogens with zero attached hydrogens (tertiary/aromatic N) is 2. The predicted octanol–water partition coefficient (Wildman–Crippen LogP) is -0.803. The molecule has 0 aromatic rings. The van der Waals surface area contributed by atoms with Crippen LogP contribution in [0.15, 0.2) is 0 Å². The molecular weight excluding hydrogens is 326 g/mol. The zero-order valence-electron chi connectivity index (χ0n) is 13.4. The number of aliphatic hydroxyl groups is 1. The largest absolute Gasteiger partial charge is 0.447 e. The van der Waals surface area contributed by atoms with Gasteiger partial charge >= 0.3 is 6.09 Å². The summed E-state index contributed by atoms with van der Waals surface area (Å²) in [5.41, 5.74) is 0. The third kappa shape index (κ3) is 7.93. The van der Waals surface area contributed by atoms with E-state index in [-0.39, 0.29) is 19.6 Å². The summed E-state index contributed by atoms with van der Waals surface area (Å²) in [5.74, 6) is 0. The average Bonchev–Trinajstić information content (AvgIpc) is 2.49. The van der Waals surface area contributed by atoms with Crippen molar-refractivity contribution in [1.82, 2.24) is 14.7 Å². The Morgan fingerprint density at radius 1 is 1.48 bits per heavy atom. The quantitative estimate of drug-likeness (QED) is 0.559. The van der Waals surface area contributed by atoms with Crippen molar-refractivity contribution in [3.8, 4) is 0 Å². The van der Waals surface area contributed by atoms with Crippen molar-refractivity contribution in [3.05, 3.63) is 6.92 Å². The molecule has 1 aliphatic rings. The van der Waals surface area contributed by atoms with E-state index in [0.29, 0.717) is 39.3 Å². The summed E-state index contributed by atoms with van der Waals surface area (Å²) >= 11 is 0. The monoisotopic (exact) mass is 352 g/mol. The molecule has 1 amide bonds. The zero-order valence-corrected chi connectivity index (χ0v) is 14.3. The van der Waals surface area contributed by atoms with E-state index in [1.807, 2.05) is 5.01 Å². The van der Waals surface area contributed by atoms with E-state index in [1.165, 1.54) is 5.01 Å². The molecule has 1 atom stereocenters. The molecule has 1 heterocycles. The fourth-order valence-corrected chi connectivity index (χ4v) is 2.97. The van der Waals surface area contributed by atoms with Gasteiger partial charge in [0.15, 0.2) is 0 Å². The van der Waals surface area contributed by atoms with Crippen molar-refractivity contribution in [1.29, 1.82) is 0 Å². The van der Waals surface area contributed by atoms with Crippen molar-refractivity contribution < 1.29 is 27.8 Å². The van der Waals surface area contributed by atoms with Gasteiger partial charge in [-0.3, -0.25) is 0 Å². The molecule has 0 aromatic carbocycles. The fraction of sp³-hybridized carbons (Fsp3) is 0.846. The first-order chi connectivity index (χ1) is 10.9. The number of hydrazine groups is 1. The summed E-state index contributed by atoms with van der Waals surface area (Å²) < 4.78 is 35.3. The molecule has 10 heteroatoms. The molecule has 1 saturated heterocycles. The minimum absolute atomic E-state index is 0.148. The van der Waals surface area contributed by atoms with Gasteiger partial charge in [0, 0.05) is 26.2 Å². The third-order valence-electron chi connectivity index (χ3n) is 3.18. The summed E-state index contributed by atoms with van der Waals surface area (Å²) in [6.45, 7) is 6.01. The van der Waals surface area contributed by atoms with Crippen LogP contribution in [-0.2, 0) is 19.5 Å². The summed E-state index contributed by atoms with van der Waals surface area (Å²) in [6, 6.07) is -0.662. The van der Waals surface area contributed by atoms with E-state index >= 15 is 0 Å². The second-order valence-corrected chi connectivity index (χ2v) is 7.00. The van der Waals surface area contributed by atoms with E-state index in [4.69, 9.17) is 14.6 Å². The number of hydrogen-bond donors (Lipinski definition) is 2. The molecule has 0 saturated carbocycles. The van der Waals surface area contributed by atoms with E-state index in [9.17, 15) is 13.2 Å². The van der Waals surface area contributed by atoms with Gasteiger partial charge in [0.2, 0.25) is 10.0 Å². The Morgan fingerprint density at radius 3 is 2.65 bits per heavy atom. The van der Waals surface area contributed by atoms with E-state index in [2.05, 4.69) is 11.6 Å². The highest BCUT2D eigenvalue weighted by Gasteiger charge is 2.25. The van der Waals surface area contributed by atoms with Crippen LogP contribution < -0.4 is 4.72 Å². The van der Waals surface area contributed by atoms with Crippen molar-refractivity contribution in [2.45, 2.75) is 18.9 Å². The lowest BCUT2D eigenvalue weighted by Crippen LogP contribution is -2.52. The van der Waals surface area contributed by atoms with Gasteiger partial charge in [0.1, 0.15) is 6.61 Å². The van der Waals surface area contributed by atoms with Gasteiger partial charge in [-0.25, -0.2) is 28.0 Å². The van der Waals surface area contributed by atoms with Gasteiger partial charge in [-0.15, -0.1) is 0 Å². The summed E-state index contributed by atoms with van der Waals surface area (Å²) in [7, 11) is -3.45. The summed E-state index contributed by atoms with van der Waals surface area (Å²) in [6.07, 6.45) is 1.14. The van der Waals surface area contributed by atoms with Crippen LogP contribution in [0.5, 0.6) is 0 Å². The topological polar surface area (TPSA) is 108 Å². The van der Waals surface area contributed by atoms with Crippen LogP contribution >= 0.6 is 0 Å². The molecule has 9 nitrogen and oxygen atoms in total. The SMILES string of the molecule is [CH2]CCN(C(=O)OCC(CCO)NS(C)(=O)=O)N1CCOCC1. The van der Waals surface area contributed by atoms with Gasteiger partial charge in [0.05, 0.1) is 25.5 Å². The Bertz CT molecular complexity index is 453. The molecule has 0 spiro atoms. The van der Waals surface area contributed by atoms with Gasteiger partial charge in [-0.1, -0.05) is 6.92 Å². The molecule has 23 heavy (non-hydrogen) atoms. The highest BCUT2D eigenvalue weighted by molar-refractivity contribution is 7.88. The van der Waals surface area contributed by atoms with Crippen LogP contribution in [0.2, 0.25) is 0 Å². The molecule has 2 N–H and O–H groups in total. The van der Waals surface area contributed by atoms with Crippen LogP contribution in [-0.4, -0.2) is 88.0 Å². The minimum atomic E-state index is -3.45. The number of carbonyl (C=O) groups is 1. The van der Waals surface area contributed by atoms with Crippen molar-refractivity contribution >= 4 is 16.1 Å². The number of sulfonamides is 1. The number of nitrogens with one attached hydrogen (secondary N) is 1. The molecule has 0 aromatic heterocycles. The number of morpholine rings is 1. The molecule has 135 valence electrons. The van der Waals surface area contributed by atoms with Gasteiger partial charge < -0.3 is 14.6 Å². The molecule has 0 aliphatic carbocycles. The molecule has 1 fully saturated rings. The molecular formula is C13H26N3O6S. The van der Waals surface area contributed by atoms with E-state index in [1.54, 1.807) is 0 Å². The Balaban J connectivity index is 2.58. The van der Waals surface area contributed by atoms with Crippen LogP contribution in [0.25, 0.3) is 0 Å². The maximum absolute atomic E-state index is 12.3. The van der Waals surface area contributed by atoms with Crippen molar-refractivity contribution in [2.75, 3.05) is 52.3 Å². The molecule has 1 aliphatic heterocycles. The Labute approximate surface area is 137 Å². The summed E-state index contributed by atoms with van der Waals surface area (Å²) in [4.78, 5) is 12.3. The number of amides is 1. The lowest BCUT2D eigenvalue weighted by Gasteiger charge is -2.36. The number of aliphatic hydroxyl groups excluding tert-OH is 1. The number of hydrogen-bond acceptors (Lipinski definition) is 7. The molecule has 0 bridgehead atoms. The normalized spacial score (nSPS) is 17.7. The maximum Gasteiger partial charge on any atom is 0.424 e. The standard InChI is InChI=1S/C13H26N3O6S/c1-3-5-16(15-6-9-21-10-7-15)13(18)22-11-12(4-8-17)14-23(2,19)20/h12,14,17H,1,3-11H2,2H3. The van der Waals surface area contributed by atoms with Crippen LogP contribution in [0.4, 0.5) is 4.79 Å². The van der Waals surface area contributed by atoms with E-state index in [0.717, 1.165) is 6.26 Å². The smallest absolute Gasteiger partial charge is 0.424 e.